The average Bonchev–Trinajstić information content (AvgIpc) is 2.85. The maximum Gasteiger partial charge on any atom is 0.323 e. The van der Waals surface area contributed by atoms with Crippen molar-refractivity contribution >= 4 is 45.9 Å². The molecule has 0 unspecified atom stereocenters. The fourth-order valence-electron chi connectivity index (χ4n) is 3.69. The van der Waals surface area contributed by atoms with Crippen LogP contribution in [0.5, 0.6) is 11.5 Å². The van der Waals surface area contributed by atoms with Crippen LogP contribution >= 0.6 is 11.6 Å². The molecule has 3 aromatic carbocycles. The van der Waals surface area contributed by atoms with E-state index in [1.165, 1.54) is 0 Å². The monoisotopic (exact) mass is 474 g/mol. The smallest absolute Gasteiger partial charge is 0.323 e. The molecule has 5 rings (SSSR count). The van der Waals surface area contributed by atoms with Gasteiger partial charge in [0.15, 0.2) is 0 Å². The van der Waals surface area contributed by atoms with Crippen molar-refractivity contribution in [2.45, 2.75) is 0 Å². The topological polar surface area (TPSA) is 91.4 Å². The molecule has 8 nitrogen and oxygen atoms in total. The summed E-state index contributed by atoms with van der Waals surface area (Å²) < 4.78 is 6.01. The Labute approximate surface area is 201 Å². The van der Waals surface area contributed by atoms with Crippen LogP contribution in [0, 0.1) is 0 Å². The van der Waals surface area contributed by atoms with Gasteiger partial charge in [0.25, 0.3) is 0 Å². The van der Waals surface area contributed by atoms with E-state index in [0.717, 1.165) is 43.0 Å². The number of aromatic nitrogens is 2. The van der Waals surface area contributed by atoms with Crippen LogP contribution in [-0.4, -0.2) is 42.2 Å². The Morgan fingerprint density at radius 2 is 1.68 bits per heavy atom. The molecule has 0 bridgehead atoms. The number of carbonyl (C=O) groups excluding carboxylic acids is 1. The quantitative estimate of drug-likeness (QED) is 0.371. The average molecular weight is 475 g/mol. The second kappa shape index (κ2) is 9.94. The van der Waals surface area contributed by atoms with Gasteiger partial charge in [-0.1, -0.05) is 17.7 Å². The summed E-state index contributed by atoms with van der Waals surface area (Å²) in [7, 11) is 0. The number of piperazine rings is 1. The first-order valence-electron chi connectivity index (χ1n) is 11.0. The molecule has 0 aliphatic carbocycles. The molecule has 0 saturated carbocycles. The van der Waals surface area contributed by atoms with Crippen molar-refractivity contribution < 1.29 is 9.53 Å². The molecule has 1 aliphatic heterocycles. The normalized spacial score (nSPS) is 13.5. The van der Waals surface area contributed by atoms with E-state index in [-0.39, 0.29) is 6.03 Å². The van der Waals surface area contributed by atoms with Gasteiger partial charge in [-0.2, -0.15) is 0 Å². The molecule has 1 aromatic heterocycles. The fraction of sp³-hybridized carbons (Fsp3) is 0.160. The number of ether oxygens (including phenoxy) is 1. The first kappa shape index (κ1) is 21.9. The largest absolute Gasteiger partial charge is 0.457 e. The summed E-state index contributed by atoms with van der Waals surface area (Å²) in [4.78, 5) is 23.8. The van der Waals surface area contributed by atoms with Crippen LogP contribution < -0.4 is 25.6 Å². The number of urea groups is 1. The van der Waals surface area contributed by atoms with E-state index in [2.05, 4.69) is 25.8 Å². The minimum absolute atomic E-state index is 0.357. The van der Waals surface area contributed by atoms with Gasteiger partial charge in [-0.3, -0.25) is 4.98 Å². The highest BCUT2D eigenvalue weighted by Gasteiger charge is 2.13. The first-order chi connectivity index (χ1) is 16.6. The summed E-state index contributed by atoms with van der Waals surface area (Å²) >= 11 is 5.95. The third kappa shape index (κ3) is 5.36. The first-order valence-corrected chi connectivity index (χ1v) is 11.3. The van der Waals surface area contributed by atoms with E-state index >= 15 is 0 Å². The zero-order chi connectivity index (χ0) is 23.3. The van der Waals surface area contributed by atoms with Crippen molar-refractivity contribution in [1.82, 2.24) is 15.3 Å². The van der Waals surface area contributed by atoms with E-state index in [1.54, 1.807) is 48.5 Å². The SMILES string of the molecule is O=C(Nc1ccc(Oc2ccc3ncc(N4CCNCC4)nc3c2)cc1)Nc1cccc(Cl)c1. The highest BCUT2D eigenvalue weighted by atomic mass is 35.5. The summed E-state index contributed by atoms with van der Waals surface area (Å²) in [5.41, 5.74) is 2.85. The molecule has 0 radical (unpaired) electrons. The number of halogens is 1. The number of hydrogen-bond acceptors (Lipinski definition) is 6. The number of benzene rings is 3. The van der Waals surface area contributed by atoms with Gasteiger partial charge in [0.1, 0.15) is 17.3 Å². The highest BCUT2D eigenvalue weighted by Crippen LogP contribution is 2.26. The highest BCUT2D eigenvalue weighted by molar-refractivity contribution is 6.30. The van der Waals surface area contributed by atoms with Crippen LogP contribution in [0.4, 0.5) is 22.0 Å². The Morgan fingerprint density at radius 3 is 2.47 bits per heavy atom. The standard InChI is InChI=1S/C25H23ClN6O2/c26-17-2-1-3-19(14-17)30-25(33)29-18-4-6-20(7-5-18)34-21-8-9-22-23(15-21)31-24(16-28-22)32-12-10-27-11-13-32/h1-9,14-16,27H,10-13H2,(H2,29,30,33). The van der Waals surface area contributed by atoms with Gasteiger partial charge < -0.3 is 25.6 Å². The predicted octanol–water partition coefficient (Wildman–Crippen LogP) is 5.13. The lowest BCUT2D eigenvalue weighted by molar-refractivity contribution is 0.262. The van der Waals surface area contributed by atoms with Crippen LogP contribution in [0.1, 0.15) is 0 Å². The van der Waals surface area contributed by atoms with Gasteiger partial charge in [-0.05, 0) is 54.6 Å². The van der Waals surface area contributed by atoms with Gasteiger partial charge in [0, 0.05) is 48.6 Å². The lowest BCUT2D eigenvalue weighted by Gasteiger charge is -2.28. The van der Waals surface area contributed by atoms with E-state index in [0.29, 0.717) is 27.9 Å². The molecule has 9 heteroatoms. The van der Waals surface area contributed by atoms with Gasteiger partial charge in [-0.15, -0.1) is 0 Å². The molecular formula is C25H23ClN6O2. The Morgan fingerprint density at radius 1 is 0.912 bits per heavy atom. The molecule has 0 atom stereocenters. The summed E-state index contributed by atoms with van der Waals surface area (Å²) in [6.07, 6.45) is 1.82. The Kier molecular flexibility index (Phi) is 6.42. The van der Waals surface area contributed by atoms with E-state index in [4.69, 9.17) is 21.3 Å². The minimum atomic E-state index is -0.357. The maximum absolute atomic E-state index is 12.2. The van der Waals surface area contributed by atoms with Crippen molar-refractivity contribution in [3.63, 3.8) is 0 Å². The number of nitrogens with zero attached hydrogens (tertiary/aromatic N) is 3. The molecule has 2 amide bonds. The van der Waals surface area contributed by atoms with Gasteiger partial charge in [0.05, 0.1) is 17.2 Å². The molecular weight excluding hydrogens is 452 g/mol. The lowest BCUT2D eigenvalue weighted by Crippen LogP contribution is -2.43. The van der Waals surface area contributed by atoms with Gasteiger partial charge in [0.2, 0.25) is 0 Å². The van der Waals surface area contributed by atoms with Crippen molar-refractivity contribution in [3.05, 3.63) is 77.9 Å². The number of carbonyl (C=O) groups is 1. The van der Waals surface area contributed by atoms with Crippen molar-refractivity contribution in [1.29, 1.82) is 0 Å². The zero-order valence-corrected chi connectivity index (χ0v) is 19.0. The Bertz CT molecular complexity index is 1310. The Hall–Kier alpha value is -3.88. The molecule has 0 spiro atoms. The van der Waals surface area contributed by atoms with Gasteiger partial charge >= 0.3 is 6.03 Å². The summed E-state index contributed by atoms with van der Waals surface area (Å²) in [5, 5.41) is 9.43. The third-order valence-electron chi connectivity index (χ3n) is 5.37. The Balaban J connectivity index is 1.24. The van der Waals surface area contributed by atoms with Crippen LogP contribution in [0.3, 0.4) is 0 Å². The van der Waals surface area contributed by atoms with Crippen LogP contribution in [0.25, 0.3) is 11.0 Å². The second-order valence-corrected chi connectivity index (χ2v) is 8.27. The third-order valence-corrected chi connectivity index (χ3v) is 5.61. The molecule has 1 saturated heterocycles. The molecule has 172 valence electrons. The van der Waals surface area contributed by atoms with Crippen molar-refractivity contribution in [3.8, 4) is 11.5 Å². The van der Waals surface area contributed by atoms with Crippen LogP contribution in [0.2, 0.25) is 5.02 Å². The molecule has 3 N–H and O–H groups in total. The molecule has 1 fully saturated rings. The van der Waals surface area contributed by atoms with Crippen LogP contribution in [0.15, 0.2) is 72.9 Å². The number of rotatable bonds is 5. The number of amides is 2. The second-order valence-electron chi connectivity index (χ2n) is 7.83. The van der Waals surface area contributed by atoms with E-state index in [1.807, 2.05) is 24.4 Å². The lowest BCUT2D eigenvalue weighted by atomic mass is 10.2. The summed E-state index contributed by atoms with van der Waals surface area (Å²) in [5.74, 6) is 2.18. The number of hydrogen-bond donors (Lipinski definition) is 3. The van der Waals surface area contributed by atoms with Gasteiger partial charge in [-0.25, -0.2) is 9.78 Å². The van der Waals surface area contributed by atoms with E-state index < -0.39 is 0 Å². The number of anilines is 3. The van der Waals surface area contributed by atoms with E-state index in [9.17, 15) is 4.79 Å². The zero-order valence-electron chi connectivity index (χ0n) is 18.3. The predicted molar refractivity (Wildman–Crippen MR) is 135 cm³/mol. The van der Waals surface area contributed by atoms with Crippen LogP contribution in [-0.2, 0) is 0 Å². The summed E-state index contributed by atoms with van der Waals surface area (Å²) in [6.45, 7) is 3.70. The maximum atomic E-state index is 12.2. The number of fused-ring (bicyclic) bond motifs is 1. The summed E-state index contributed by atoms with van der Waals surface area (Å²) in [6, 6.07) is 19.4. The molecule has 1 aliphatic rings. The molecule has 34 heavy (non-hydrogen) atoms. The molecule has 2 heterocycles. The molecule has 4 aromatic rings. The minimum Gasteiger partial charge on any atom is -0.457 e. The number of nitrogens with one attached hydrogen (secondary N) is 3. The van der Waals surface area contributed by atoms with Crippen molar-refractivity contribution in [2.75, 3.05) is 41.7 Å². The van der Waals surface area contributed by atoms with Crippen molar-refractivity contribution in [2.24, 2.45) is 0 Å². The fourth-order valence-corrected chi connectivity index (χ4v) is 3.88.